The van der Waals surface area contributed by atoms with E-state index in [-0.39, 0.29) is 0 Å². The van der Waals surface area contributed by atoms with E-state index in [2.05, 4.69) is 9.97 Å². The van der Waals surface area contributed by atoms with Gasteiger partial charge in [-0.05, 0) is 12.1 Å². The molecule has 4 nitrogen and oxygen atoms in total. The molecule has 0 radical (unpaired) electrons. The number of benzene rings is 1. The summed E-state index contributed by atoms with van der Waals surface area (Å²) in [4.78, 5) is 8.14. The van der Waals surface area contributed by atoms with E-state index in [1.54, 1.807) is 12.4 Å². The largest absolute Gasteiger partial charge is 0.490 e. The summed E-state index contributed by atoms with van der Waals surface area (Å²) in [6.07, 6.45) is 3.15. The van der Waals surface area contributed by atoms with Crippen molar-refractivity contribution in [2.75, 3.05) is 13.2 Å². The summed E-state index contributed by atoms with van der Waals surface area (Å²) >= 11 is 5.61. The van der Waals surface area contributed by atoms with Gasteiger partial charge in [0.25, 0.3) is 0 Å². The lowest BCUT2D eigenvalue weighted by Gasteiger charge is -2.07. The molecule has 94 valence electrons. The van der Waals surface area contributed by atoms with Gasteiger partial charge in [0.05, 0.1) is 24.0 Å². The zero-order valence-corrected chi connectivity index (χ0v) is 10.5. The first kappa shape index (κ1) is 12.6. The zero-order chi connectivity index (χ0) is 12.6. The normalized spacial score (nSPS) is 10.1. The van der Waals surface area contributed by atoms with Crippen molar-refractivity contribution in [3.05, 3.63) is 48.4 Å². The number of ether oxygens (including phenoxy) is 2. The monoisotopic (exact) mass is 264 g/mol. The van der Waals surface area contributed by atoms with Crippen LogP contribution in [0.3, 0.4) is 0 Å². The Morgan fingerprint density at radius 3 is 2.39 bits per heavy atom. The second kappa shape index (κ2) is 6.81. The summed E-state index contributed by atoms with van der Waals surface area (Å²) in [5.41, 5.74) is 0.726. The fourth-order valence-corrected chi connectivity index (χ4v) is 1.45. The topological polar surface area (TPSA) is 44.2 Å². The number of para-hydroxylation sites is 1. The second-order valence-electron chi connectivity index (χ2n) is 3.49. The first-order chi connectivity index (χ1) is 8.88. The Labute approximate surface area is 111 Å². The van der Waals surface area contributed by atoms with Crippen LogP contribution in [-0.4, -0.2) is 23.2 Å². The number of hydrogen-bond acceptors (Lipinski definition) is 4. The van der Waals surface area contributed by atoms with Crippen LogP contribution in [0.15, 0.2) is 42.7 Å². The molecule has 0 atom stereocenters. The van der Waals surface area contributed by atoms with Crippen molar-refractivity contribution in [3.8, 4) is 11.6 Å². The summed E-state index contributed by atoms with van der Waals surface area (Å²) in [5, 5.41) is 0. The predicted octanol–water partition coefficient (Wildman–Crippen LogP) is 2.67. The lowest BCUT2D eigenvalue weighted by Crippen LogP contribution is -2.09. The van der Waals surface area contributed by atoms with Gasteiger partial charge in [-0.3, -0.25) is 4.98 Å². The van der Waals surface area contributed by atoms with Crippen molar-refractivity contribution >= 4 is 11.6 Å². The van der Waals surface area contributed by atoms with Crippen LogP contribution in [0.5, 0.6) is 11.6 Å². The molecule has 1 aromatic heterocycles. The Balaban J connectivity index is 1.72. The van der Waals surface area contributed by atoms with Crippen molar-refractivity contribution in [2.24, 2.45) is 0 Å². The van der Waals surface area contributed by atoms with Gasteiger partial charge in [0, 0.05) is 0 Å². The van der Waals surface area contributed by atoms with Crippen molar-refractivity contribution in [3.63, 3.8) is 0 Å². The highest BCUT2D eigenvalue weighted by molar-refractivity contribution is 6.16. The van der Waals surface area contributed by atoms with Crippen LogP contribution < -0.4 is 9.47 Å². The molecule has 1 aromatic carbocycles. The van der Waals surface area contributed by atoms with Crippen LogP contribution in [0.2, 0.25) is 0 Å². The molecule has 0 bridgehead atoms. The lowest BCUT2D eigenvalue weighted by molar-refractivity contribution is 0.211. The molecule has 0 saturated heterocycles. The van der Waals surface area contributed by atoms with Gasteiger partial charge in [0.2, 0.25) is 5.88 Å². The molecule has 5 heteroatoms. The van der Waals surface area contributed by atoms with Gasteiger partial charge in [0.15, 0.2) is 0 Å². The molecule has 0 fully saturated rings. The third kappa shape index (κ3) is 3.89. The average molecular weight is 265 g/mol. The van der Waals surface area contributed by atoms with Crippen molar-refractivity contribution < 1.29 is 9.47 Å². The first-order valence-electron chi connectivity index (χ1n) is 5.56. The highest BCUT2D eigenvalue weighted by Crippen LogP contribution is 2.09. The van der Waals surface area contributed by atoms with E-state index in [0.29, 0.717) is 25.0 Å². The number of halogens is 1. The van der Waals surface area contributed by atoms with E-state index in [4.69, 9.17) is 21.1 Å². The van der Waals surface area contributed by atoms with E-state index in [1.165, 1.54) is 0 Å². The molecular formula is C13H13ClN2O2. The van der Waals surface area contributed by atoms with Crippen LogP contribution >= 0.6 is 11.6 Å². The third-order valence-corrected chi connectivity index (χ3v) is 2.44. The Hall–Kier alpha value is -1.81. The summed E-state index contributed by atoms with van der Waals surface area (Å²) in [6.45, 7) is 0.882. The van der Waals surface area contributed by atoms with E-state index in [1.807, 2.05) is 30.3 Å². The molecule has 2 aromatic rings. The number of hydrogen-bond donors (Lipinski definition) is 0. The van der Waals surface area contributed by atoms with Gasteiger partial charge in [-0.25, -0.2) is 4.98 Å². The van der Waals surface area contributed by atoms with Crippen LogP contribution in [-0.2, 0) is 5.88 Å². The predicted molar refractivity (Wildman–Crippen MR) is 69.0 cm³/mol. The maximum absolute atomic E-state index is 5.61. The van der Waals surface area contributed by atoms with Gasteiger partial charge in [-0.15, -0.1) is 11.6 Å². The number of aromatic nitrogens is 2. The molecule has 0 spiro atoms. The van der Waals surface area contributed by atoms with Crippen LogP contribution in [0.1, 0.15) is 5.69 Å². The third-order valence-electron chi connectivity index (χ3n) is 2.16. The fraction of sp³-hybridized carbons (Fsp3) is 0.231. The van der Waals surface area contributed by atoms with Gasteiger partial charge >= 0.3 is 0 Å². The highest BCUT2D eigenvalue weighted by Gasteiger charge is 1.98. The maximum Gasteiger partial charge on any atom is 0.232 e. The molecule has 0 aliphatic rings. The van der Waals surface area contributed by atoms with Gasteiger partial charge in [-0.1, -0.05) is 18.2 Å². The summed E-state index contributed by atoms with van der Waals surface area (Å²) in [5.74, 6) is 1.65. The molecule has 0 unspecified atom stereocenters. The van der Waals surface area contributed by atoms with E-state index in [9.17, 15) is 0 Å². The molecule has 18 heavy (non-hydrogen) atoms. The number of rotatable bonds is 6. The van der Waals surface area contributed by atoms with E-state index < -0.39 is 0 Å². The minimum Gasteiger partial charge on any atom is -0.490 e. The Bertz CT molecular complexity index is 462. The average Bonchev–Trinajstić information content (AvgIpc) is 2.45. The number of nitrogens with zero attached hydrogens (tertiary/aromatic N) is 2. The van der Waals surface area contributed by atoms with Crippen molar-refractivity contribution in [1.82, 2.24) is 9.97 Å². The fourth-order valence-electron chi connectivity index (χ4n) is 1.31. The van der Waals surface area contributed by atoms with E-state index >= 15 is 0 Å². The minimum atomic E-state index is 0.352. The Kier molecular flexibility index (Phi) is 4.78. The summed E-state index contributed by atoms with van der Waals surface area (Å²) < 4.78 is 10.9. The molecule has 0 amide bonds. The van der Waals surface area contributed by atoms with Crippen LogP contribution in [0.25, 0.3) is 0 Å². The Morgan fingerprint density at radius 2 is 1.72 bits per heavy atom. The molecule has 0 aliphatic heterocycles. The van der Waals surface area contributed by atoms with Crippen LogP contribution in [0, 0.1) is 0 Å². The molecule has 1 heterocycles. The molecule has 0 aliphatic carbocycles. The summed E-state index contributed by atoms with van der Waals surface area (Å²) in [6, 6.07) is 9.58. The van der Waals surface area contributed by atoms with Gasteiger partial charge < -0.3 is 9.47 Å². The summed E-state index contributed by atoms with van der Waals surface area (Å²) in [7, 11) is 0. The molecule has 0 N–H and O–H groups in total. The molecule has 0 saturated carbocycles. The van der Waals surface area contributed by atoms with Crippen molar-refractivity contribution in [1.29, 1.82) is 0 Å². The number of alkyl halides is 1. The molecule has 2 rings (SSSR count). The maximum atomic E-state index is 5.61. The SMILES string of the molecule is ClCc1cnc(OCCOc2ccccc2)cn1. The highest BCUT2D eigenvalue weighted by atomic mass is 35.5. The Morgan fingerprint density at radius 1 is 0.944 bits per heavy atom. The van der Waals surface area contributed by atoms with Crippen LogP contribution in [0.4, 0.5) is 0 Å². The van der Waals surface area contributed by atoms with Gasteiger partial charge in [-0.2, -0.15) is 0 Å². The zero-order valence-electron chi connectivity index (χ0n) is 9.75. The quantitative estimate of drug-likeness (QED) is 0.594. The first-order valence-corrected chi connectivity index (χ1v) is 6.09. The smallest absolute Gasteiger partial charge is 0.232 e. The van der Waals surface area contributed by atoms with E-state index in [0.717, 1.165) is 11.4 Å². The van der Waals surface area contributed by atoms with Crippen molar-refractivity contribution in [2.45, 2.75) is 5.88 Å². The standard InChI is InChI=1S/C13H13ClN2O2/c14-8-11-9-16-13(10-15-11)18-7-6-17-12-4-2-1-3-5-12/h1-5,9-10H,6-8H2. The lowest BCUT2D eigenvalue weighted by atomic mass is 10.3. The van der Waals surface area contributed by atoms with Gasteiger partial charge in [0.1, 0.15) is 19.0 Å². The minimum absolute atomic E-state index is 0.352. The molecular weight excluding hydrogens is 252 g/mol. The second-order valence-corrected chi connectivity index (χ2v) is 3.76.